The van der Waals surface area contributed by atoms with E-state index in [1.54, 1.807) is 12.1 Å². The molecule has 0 saturated heterocycles. The standard InChI is InChI=1S/C13H11F3O3/c14-13(15,16)19-10-5-3-9(4-6-10)8-11(17)12-2-1-7-18-12/h1-7,11,17H,8H2. The van der Waals surface area contributed by atoms with Gasteiger partial charge in [0.05, 0.1) is 6.26 Å². The minimum atomic E-state index is -4.70. The van der Waals surface area contributed by atoms with Crippen LogP contribution in [-0.2, 0) is 6.42 Å². The van der Waals surface area contributed by atoms with Crippen molar-refractivity contribution in [3.8, 4) is 5.75 Å². The molecule has 0 amide bonds. The first kappa shape index (κ1) is 13.5. The Morgan fingerprint density at radius 3 is 2.37 bits per heavy atom. The van der Waals surface area contributed by atoms with E-state index in [0.717, 1.165) is 0 Å². The van der Waals surface area contributed by atoms with Crippen LogP contribution in [0.1, 0.15) is 17.4 Å². The summed E-state index contributed by atoms with van der Waals surface area (Å²) in [5.74, 6) is 0.124. The lowest BCUT2D eigenvalue weighted by molar-refractivity contribution is -0.274. The molecule has 1 heterocycles. The fourth-order valence-electron chi connectivity index (χ4n) is 1.63. The van der Waals surface area contributed by atoms with E-state index in [1.807, 2.05) is 0 Å². The zero-order chi connectivity index (χ0) is 13.9. The summed E-state index contributed by atoms with van der Waals surface area (Å²) in [6.07, 6.45) is -3.84. The summed E-state index contributed by atoms with van der Waals surface area (Å²) < 4.78 is 44.7. The van der Waals surface area contributed by atoms with E-state index < -0.39 is 12.5 Å². The summed E-state index contributed by atoms with van der Waals surface area (Å²) in [7, 11) is 0. The monoisotopic (exact) mass is 272 g/mol. The third kappa shape index (κ3) is 4.03. The lowest BCUT2D eigenvalue weighted by Crippen LogP contribution is -2.17. The average molecular weight is 272 g/mol. The Balaban J connectivity index is 1.99. The fourth-order valence-corrected chi connectivity index (χ4v) is 1.63. The number of furan rings is 1. The molecule has 0 saturated carbocycles. The number of hydrogen-bond acceptors (Lipinski definition) is 3. The predicted octanol–water partition coefficient (Wildman–Crippen LogP) is 3.45. The molecule has 0 fully saturated rings. The van der Waals surface area contributed by atoms with Gasteiger partial charge in [-0.2, -0.15) is 0 Å². The van der Waals surface area contributed by atoms with Gasteiger partial charge in [-0.05, 0) is 29.8 Å². The van der Waals surface area contributed by atoms with Crippen LogP contribution >= 0.6 is 0 Å². The Morgan fingerprint density at radius 2 is 1.84 bits per heavy atom. The van der Waals surface area contributed by atoms with Gasteiger partial charge in [0.25, 0.3) is 0 Å². The number of benzene rings is 1. The Morgan fingerprint density at radius 1 is 1.16 bits per heavy atom. The lowest BCUT2D eigenvalue weighted by atomic mass is 10.1. The van der Waals surface area contributed by atoms with Crippen molar-refractivity contribution in [3.63, 3.8) is 0 Å². The van der Waals surface area contributed by atoms with Crippen molar-refractivity contribution in [3.05, 3.63) is 54.0 Å². The van der Waals surface area contributed by atoms with Crippen molar-refractivity contribution in [1.82, 2.24) is 0 Å². The number of hydrogen-bond donors (Lipinski definition) is 1. The zero-order valence-electron chi connectivity index (χ0n) is 9.72. The van der Waals surface area contributed by atoms with E-state index in [2.05, 4.69) is 4.74 Å². The Labute approximate surface area is 107 Å². The topological polar surface area (TPSA) is 42.6 Å². The SMILES string of the molecule is OC(Cc1ccc(OC(F)(F)F)cc1)c1ccco1. The molecule has 3 nitrogen and oxygen atoms in total. The summed E-state index contributed by atoms with van der Waals surface area (Å²) in [5, 5.41) is 9.81. The smallest absolute Gasteiger partial charge is 0.467 e. The summed E-state index contributed by atoms with van der Waals surface area (Å²) >= 11 is 0. The van der Waals surface area contributed by atoms with Gasteiger partial charge in [-0.3, -0.25) is 0 Å². The van der Waals surface area contributed by atoms with E-state index in [4.69, 9.17) is 4.42 Å². The molecule has 0 aliphatic heterocycles. The molecule has 1 aromatic heterocycles. The van der Waals surface area contributed by atoms with Crippen molar-refractivity contribution >= 4 is 0 Å². The third-order valence-electron chi connectivity index (χ3n) is 2.46. The highest BCUT2D eigenvalue weighted by Crippen LogP contribution is 2.24. The third-order valence-corrected chi connectivity index (χ3v) is 2.46. The van der Waals surface area contributed by atoms with E-state index in [0.29, 0.717) is 11.3 Å². The molecular weight excluding hydrogens is 261 g/mol. The maximum atomic E-state index is 12.0. The summed E-state index contributed by atoms with van der Waals surface area (Å²) in [6.45, 7) is 0. The average Bonchev–Trinajstić information content (AvgIpc) is 2.83. The second-order valence-electron chi connectivity index (χ2n) is 3.93. The predicted molar refractivity (Wildman–Crippen MR) is 60.5 cm³/mol. The molecule has 0 spiro atoms. The number of halogens is 3. The Hall–Kier alpha value is -1.95. The van der Waals surface area contributed by atoms with Gasteiger partial charge in [-0.15, -0.1) is 13.2 Å². The number of rotatable bonds is 4. The summed E-state index contributed by atoms with van der Waals surface area (Å²) in [4.78, 5) is 0. The van der Waals surface area contributed by atoms with Crippen molar-refractivity contribution in [2.45, 2.75) is 18.9 Å². The first-order chi connectivity index (χ1) is 8.94. The van der Waals surface area contributed by atoms with Crippen LogP contribution < -0.4 is 4.74 Å². The van der Waals surface area contributed by atoms with Gasteiger partial charge >= 0.3 is 6.36 Å². The van der Waals surface area contributed by atoms with Gasteiger partial charge in [-0.1, -0.05) is 12.1 Å². The number of aliphatic hydroxyl groups excluding tert-OH is 1. The van der Waals surface area contributed by atoms with Gasteiger partial charge in [0.15, 0.2) is 0 Å². The van der Waals surface area contributed by atoms with Gasteiger partial charge in [0.1, 0.15) is 17.6 Å². The van der Waals surface area contributed by atoms with Crippen molar-refractivity contribution in [2.75, 3.05) is 0 Å². The summed E-state index contributed by atoms with van der Waals surface area (Å²) in [6, 6.07) is 8.63. The molecule has 1 N–H and O–H groups in total. The van der Waals surface area contributed by atoms with Crippen LogP contribution in [0.4, 0.5) is 13.2 Å². The number of alkyl halides is 3. The van der Waals surface area contributed by atoms with Crippen molar-refractivity contribution in [2.24, 2.45) is 0 Å². The van der Waals surface area contributed by atoms with E-state index in [1.165, 1.54) is 30.5 Å². The van der Waals surface area contributed by atoms with Crippen molar-refractivity contribution < 1.29 is 27.4 Å². The molecule has 1 unspecified atom stereocenters. The van der Waals surface area contributed by atoms with E-state index in [9.17, 15) is 18.3 Å². The van der Waals surface area contributed by atoms with Gasteiger partial charge < -0.3 is 14.3 Å². The highest BCUT2D eigenvalue weighted by molar-refractivity contribution is 5.28. The Kier molecular flexibility index (Phi) is 3.80. The Bertz CT molecular complexity index is 503. The molecule has 1 atom stereocenters. The molecule has 0 bridgehead atoms. The second kappa shape index (κ2) is 5.36. The van der Waals surface area contributed by atoms with Crippen molar-refractivity contribution in [1.29, 1.82) is 0 Å². The van der Waals surface area contributed by atoms with Crippen LogP contribution in [0.25, 0.3) is 0 Å². The minimum Gasteiger partial charge on any atom is -0.467 e. The number of aliphatic hydroxyl groups is 1. The van der Waals surface area contributed by atoms with Crippen LogP contribution in [0.3, 0.4) is 0 Å². The summed E-state index contributed by atoms with van der Waals surface area (Å²) in [5.41, 5.74) is 0.679. The molecule has 19 heavy (non-hydrogen) atoms. The zero-order valence-corrected chi connectivity index (χ0v) is 9.72. The molecule has 6 heteroatoms. The fraction of sp³-hybridized carbons (Fsp3) is 0.231. The largest absolute Gasteiger partial charge is 0.573 e. The molecule has 1 aromatic carbocycles. The molecule has 0 aliphatic rings. The molecule has 0 radical (unpaired) electrons. The van der Waals surface area contributed by atoms with Gasteiger partial charge in [0.2, 0.25) is 0 Å². The highest BCUT2D eigenvalue weighted by Gasteiger charge is 2.30. The lowest BCUT2D eigenvalue weighted by Gasteiger charge is -2.10. The second-order valence-corrected chi connectivity index (χ2v) is 3.93. The van der Waals surface area contributed by atoms with Gasteiger partial charge in [-0.25, -0.2) is 0 Å². The van der Waals surface area contributed by atoms with E-state index >= 15 is 0 Å². The molecule has 0 aliphatic carbocycles. The maximum absolute atomic E-state index is 12.0. The van der Waals surface area contributed by atoms with Crippen LogP contribution in [0, 0.1) is 0 Å². The molecule has 2 rings (SSSR count). The highest BCUT2D eigenvalue weighted by atomic mass is 19.4. The molecule has 2 aromatic rings. The van der Waals surface area contributed by atoms with Crippen LogP contribution in [-0.4, -0.2) is 11.5 Å². The van der Waals surface area contributed by atoms with Crippen LogP contribution in [0.15, 0.2) is 47.1 Å². The first-order valence-electron chi connectivity index (χ1n) is 5.50. The minimum absolute atomic E-state index is 0.250. The maximum Gasteiger partial charge on any atom is 0.573 e. The quantitative estimate of drug-likeness (QED) is 0.926. The van der Waals surface area contributed by atoms with Gasteiger partial charge in [0, 0.05) is 6.42 Å². The molecule has 102 valence electrons. The van der Waals surface area contributed by atoms with Crippen LogP contribution in [0.2, 0.25) is 0 Å². The number of ether oxygens (including phenoxy) is 1. The van der Waals surface area contributed by atoms with E-state index in [-0.39, 0.29) is 12.2 Å². The van der Waals surface area contributed by atoms with Crippen LogP contribution in [0.5, 0.6) is 5.75 Å². The first-order valence-corrected chi connectivity index (χ1v) is 5.50. The molecular formula is C13H11F3O3. The normalized spacial score (nSPS) is 13.3.